The van der Waals surface area contributed by atoms with Crippen molar-refractivity contribution in [3.05, 3.63) is 40.5 Å². The van der Waals surface area contributed by atoms with Gasteiger partial charge >= 0.3 is 0 Å². The van der Waals surface area contributed by atoms with E-state index in [-0.39, 0.29) is 0 Å². The number of hydrogen-bond donors (Lipinski definition) is 0. The average Bonchev–Trinajstić information content (AvgIpc) is 2.69. The minimum absolute atomic E-state index is 0.833. The quantitative estimate of drug-likeness (QED) is 0.812. The lowest BCUT2D eigenvalue weighted by atomic mass is 10.1. The molecule has 0 saturated heterocycles. The zero-order chi connectivity index (χ0) is 12.3. The van der Waals surface area contributed by atoms with E-state index in [0.29, 0.717) is 0 Å². The third kappa shape index (κ3) is 2.41. The van der Waals surface area contributed by atoms with Crippen LogP contribution in [0.25, 0.3) is 12.2 Å². The van der Waals surface area contributed by atoms with Crippen LogP contribution < -0.4 is 0 Å². The Balaban J connectivity index is 2.32. The second-order valence-corrected chi connectivity index (χ2v) is 3.89. The Morgan fingerprint density at radius 2 is 2.12 bits per heavy atom. The van der Waals surface area contributed by atoms with Crippen molar-refractivity contribution in [3.8, 4) is 0 Å². The van der Waals surface area contributed by atoms with Gasteiger partial charge in [-0.3, -0.25) is 0 Å². The first-order valence-corrected chi connectivity index (χ1v) is 5.64. The third-order valence-electron chi connectivity index (χ3n) is 2.67. The number of aryl methyl sites for hydroxylation is 3. The standard InChI is InChI=1S/C13H15N3O/c1-4-13-11(10(3)16-17-13)5-6-12-9(2)7-8-14-15-12/h5-8H,4H2,1-3H3. The van der Waals surface area contributed by atoms with E-state index in [1.165, 1.54) is 0 Å². The first-order valence-electron chi connectivity index (χ1n) is 5.64. The first kappa shape index (κ1) is 11.5. The molecule has 17 heavy (non-hydrogen) atoms. The summed E-state index contributed by atoms with van der Waals surface area (Å²) in [4.78, 5) is 0. The summed E-state index contributed by atoms with van der Waals surface area (Å²) in [6, 6.07) is 1.94. The molecule has 0 fully saturated rings. The van der Waals surface area contributed by atoms with Crippen molar-refractivity contribution >= 4 is 12.2 Å². The van der Waals surface area contributed by atoms with Crippen LogP contribution in [0.15, 0.2) is 16.8 Å². The number of aromatic nitrogens is 3. The van der Waals surface area contributed by atoms with E-state index < -0.39 is 0 Å². The SMILES string of the molecule is CCc1onc(C)c1C=Cc1nnccc1C. The van der Waals surface area contributed by atoms with Gasteiger partial charge in [-0.1, -0.05) is 12.1 Å². The van der Waals surface area contributed by atoms with Crippen LogP contribution in [-0.4, -0.2) is 15.4 Å². The predicted octanol–water partition coefficient (Wildman–Crippen LogP) is 2.81. The molecule has 88 valence electrons. The molecule has 0 unspecified atom stereocenters. The fourth-order valence-corrected chi connectivity index (χ4v) is 1.62. The molecule has 4 nitrogen and oxygen atoms in total. The van der Waals surface area contributed by atoms with E-state index >= 15 is 0 Å². The summed E-state index contributed by atoms with van der Waals surface area (Å²) in [7, 11) is 0. The maximum Gasteiger partial charge on any atom is 0.143 e. The summed E-state index contributed by atoms with van der Waals surface area (Å²) >= 11 is 0. The molecule has 0 aromatic carbocycles. The Hall–Kier alpha value is -1.97. The van der Waals surface area contributed by atoms with Gasteiger partial charge < -0.3 is 4.52 Å². The molecule has 2 rings (SSSR count). The van der Waals surface area contributed by atoms with Crippen molar-refractivity contribution < 1.29 is 4.52 Å². The molecule has 0 aliphatic carbocycles. The molecule has 0 aliphatic rings. The molecule has 2 aromatic heterocycles. The van der Waals surface area contributed by atoms with Gasteiger partial charge in [-0.05, 0) is 37.6 Å². The Morgan fingerprint density at radius 3 is 2.82 bits per heavy atom. The summed E-state index contributed by atoms with van der Waals surface area (Å²) in [5, 5.41) is 11.9. The molecule has 2 heterocycles. The predicted molar refractivity (Wildman–Crippen MR) is 66.3 cm³/mol. The fourth-order valence-electron chi connectivity index (χ4n) is 1.62. The van der Waals surface area contributed by atoms with Gasteiger partial charge in [-0.25, -0.2) is 0 Å². The average molecular weight is 229 g/mol. The molecule has 4 heteroatoms. The van der Waals surface area contributed by atoms with Gasteiger partial charge in [-0.15, -0.1) is 0 Å². The van der Waals surface area contributed by atoms with Gasteiger partial charge in [-0.2, -0.15) is 10.2 Å². The molecule has 0 saturated carbocycles. The maximum absolute atomic E-state index is 5.23. The minimum Gasteiger partial charge on any atom is -0.361 e. The fraction of sp³-hybridized carbons (Fsp3) is 0.308. The van der Waals surface area contributed by atoms with E-state index in [1.54, 1.807) is 6.20 Å². The van der Waals surface area contributed by atoms with E-state index in [2.05, 4.69) is 15.4 Å². The van der Waals surface area contributed by atoms with Crippen molar-refractivity contribution in [3.63, 3.8) is 0 Å². The first-order chi connectivity index (χ1) is 8.22. The van der Waals surface area contributed by atoms with Crippen LogP contribution in [0.1, 0.15) is 35.2 Å². The minimum atomic E-state index is 0.833. The highest BCUT2D eigenvalue weighted by atomic mass is 16.5. The highest BCUT2D eigenvalue weighted by molar-refractivity contribution is 5.70. The van der Waals surface area contributed by atoms with Gasteiger partial charge in [0.1, 0.15) is 5.76 Å². The lowest BCUT2D eigenvalue weighted by molar-refractivity contribution is 0.383. The van der Waals surface area contributed by atoms with Crippen LogP contribution >= 0.6 is 0 Å². The van der Waals surface area contributed by atoms with E-state index in [0.717, 1.165) is 34.7 Å². The number of rotatable bonds is 3. The number of nitrogens with zero attached hydrogens (tertiary/aromatic N) is 3. The van der Waals surface area contributed by atoms with Crippen molar-refractivity contribution in [2.24, 2.45) is 0 Å². The third-order valence-corrected chi connectivity index (χ3v) is 2.67. The number of hydrogen-bond acceptors (Lipinski definition) is 4. The van der Waals surface area contributed by atoms with Gasteiger partial charge in [0.05, 0.1) is 11.4 Å². The summed E-state index contributed by atoms with van der Waals surface area (Å²) in [5.41, 5.74) is 3.91. The molecule has 0 radical (unpaired) electrons. The molecule has 2 aromatic rings. The van der Waals surface area contributed by atoms with Gasteiger partial charge in [0, 0.05) is 18.2 Å². The smallest absolute Gasteiger partial charge is 0.143 e. The summed E-state index contributed by atoms with van der Waals surface area (Å²) in [6.45, 7) is 5.99. The summed E-state index contributed by atoms with van der Waals surface area (Å²) < 4.78 is 5.23. The van der Waals surface area contributed by atoms with Crippen LogP contribution in [-0.2, 0) is 6.42 Å². The summed E-state index contributed by atoms with van der Waals surface area (Å²) in [6.07, 6.45) is 6.46. The maximum atomic E-state index is 5.23. The zero-order valence-electron chi connectivity index (χ0n) is 10.3. The second kappa shape index (κ2) is 4.91. The molecule has 0 aliphatic heterocycles. The topological polar surface area (TPSA) is 51.8 Å². The van der Waals surface area contributed by atoms with Crippen molar-refractivity contribution in [2.45, 2.75) is 27.2 Å². The van der Waals surface area contributed by atoms with Crippen LogP contribution in [0.4, 0.5) is 0 Å². The van der Waals surface area contributed by atoms with E-state index in [9.17, 15) is 0 Å². The molecule has 0 bridgehead atoms. The van der Waals surface area contributed by atoms with Crippen LogP contribution in [0.2, 0.25) is 0 Å². The highest BCUT2D eigenvalue weighted by Gasteiger charge is 2.07. The Morgan fingerprint density at radius 1 is 1.29 bits per heavy atom. The van der Waals surface area contributed by atoms with E-state index in [4.69, 9.17) is 4.52 Å². The second-order valence-electron chi connectivity index (χ2n) is 3.89. The van der Waals surface area contributed by atoms with Crippen molar-refractivity contribution in [2.75, 3.05) is 0 Å². The van der Waals surface area contributed by atoms with Gasteiger partial charge in [0.25, 0.3) is 0 Å². The van der Waals surface area contributed by atoms with Crippen molar-refractivity contribution in [1.29, 1.82) is 0 Å². The van der Waals surface area contributed by atoms with Crippen LogP contribution in [0.5, 0.6) is 0 Å². The largest absolute Gasteiger partial charge is 0.361 e. The zero-order valence-corrected chi connectivity index (χ0v) is 10.3. The lowest BCUT2D eigenvalue weighted by Crippen LogP contribution is -1.89. The van der Waals surface area contributed by atoms with Gasteiger partial charge in [0.2, 0.25) is 0 Å². The van der Waals surface area contributed by atoms with Crippen LogP contribution in [0, 0.1) is 13.8 Å². The Labute approximate surface area is 100 Å². The molecular weight excluding hydrogens is 214 g/mol. The summed E-state index contributed by atoms with van der Waals surface area (Å²) in [5.74, 6) is 0.903. The molecular formula is C13H15N3O. The van der Waals surface area contributed by atoms with Crippen molar-refractivity contribution in [1.82, 2.24) is 15.4 Å². The molecule has 0 atom stereocenters. The normalized spacial score (nSPS) is 11.2. The molecule has 0 N–H and O–H groups in total. The lowest BCUT2D eigenvalue weighted by Gasteiger charge is -1.96. The Kier molecular flexibility index (Phi) is 3.32. The monoisotopic (exact) mass is 229 g/mol. The van der Waals surface area contributed by atoms with Crippen LogP contribution in [0.3, 0.4) is 0 Å². The molecule has 0 amide bonds. The highest BCUT2D eigenvalue weighted by Crippen LogP contribution is 2.17. The Bertz CT molecular complexity index is 543. The van der Waals surface area contributed by atoms with E-state index in [1.807, 2.05) is 39.0 Å². The van der Waals surface area contributed by atoms with Gasteiger partial charge in [0.15, 0.2) is 0 Å². The molecule has 0 spiro atoms.